The minimum Gasteiger partial charge on any atom is -0.462 e. The molecule has 1 unspecified atom stereocenters. The van der Waals surface area contributed by atoms with E-state index < -0.39 is 32.5 Å². The van der Waals surface area contributed by atoms with Crippen LogP contribution < -0.4 is 0 Å². The third-order valence-corrected chi connectivity index (χ3v) is 8.84. The van der Waals surface area contributed by atoms with Gasteiger partial charge in [0.1, 0.15) is 26.0 Å². The lowest BCUT2D eigenvalue weighted by Crippen LogP contribution is -2.37. The van der Waals surface area contributed by atoms with Gasteiger partial charge < -0.3 is 23.6 Å². The fourth-order valence-electron chi connectivity index (χ4n) is 4.93. The Labute approximate surface area is 280 Å². The monoisotopic (exact) mass is 678 g/mol. The number of rotatable bonds is 34. The van der Waals surface area contributed by atoms with Crippen molar-refractivity contribution in [2.24, 2.45) is 0 Å². The number of likely N-dealkylation sites (N-methyl/N-ethyl adjacent to an activating group) is 1. The zero-order valence-corrected chi connectivity index (χ0v) is 30.7. The molecule has 0 aliphatic heterocycles. The van der Waals surface area contributed by atoms with Crippen molar-refractivity contribution >= 4 is 26.0 Å². The summed E-state index contributed by atoms with van der Waals surface area (Å²) in [6, 6.07) is 0. The third-order valence-electron chi connectivity index (χ3n) is 7.86. The van der Waals surface area contributed by atoms with Crippen LogP contribution in [0.1, 0.15) is 155 Å². The topological polar surface area (TPSA) is 125 Å². The molecule has 46 heavy (non-hydrogen) atoms. The first-order valence-corrected chi connectivity index (χ1v) is 19.7. The van der Waals surface area contributed by atoms with Gasteiger partial charge in [-0.05, 0) is 19.3 Å². The second-order valence-corrected chi connectivity index (χ2v) is 15.0. The molecular formula is C35H69NO9P+. The summed E-state index contributed by atoms with van der Waals surface area (Å²) in [5.74, 6) is -0.879. The maximum Gasteiger partial charge on any atom is 0.472 e. The number of aldehydes is 1. The van der Waals surface area contributed by atoms with Crippen LogP contribution in [0.25, 0.3) is 0 Å². The van der Waals surface area contributed by atoms with Gasteiger partial charge >= 0.3 is 19.8 Å². The zero-order chi connectivity index (χ0) is 34.4. The molecule has 0 aliphatic carbocycles. The van der Waals surface area contributed by atoms with E-state index in [1.54, 1.807) is 0 Å². The molecule has 2 atom stereocenters. The number of unbranched alkanes of at least 4 members (excludes halogenated alkanes) is 19. The van der Waals surface area contributed by atoms with Crippen molar-refractivity contribution in [2.75, 3.05) is 47.5 Å². The maximum absolute atomic E-state index is 12.4. The van der Waals surface area contributed by atoms with Crippen molar-refractivity contribution < 1.29 is 46.8 Å². The molecule has 10 nitrogen and oxygen atoms in total. The molecule has 1 N–H and O–H groups in total. The average Bonchev–Trinajstić information content (AvgIpc) is 2.99. The first-order chi connectivity index (χ1) is 22.0. The van der Waals surface area contributed by atoms with Gasteiger partial charge in [0.2, 0.25) is 0 Å². The van der Waals surface area contributed by atoms with Crippen LogP contribution in [0.2, 0.25) is 0 Å². The highest BCUT2D eigenvalue weighted by Crippen LogP contribution is 2.43. The predicted molar refractivity (Wildman–Crippen MR) is 183 cm³/mol. The fourth-order valence-corrected chi connectivity index (χ4v) is 5.67. The Morgan fingerprint density at radius 3 is 1.61 bits per heavy atom. The van der Waals surface area contributed by atoms with Gasteiger partial charge in [-0.1, -0.05) is 116 Å². The van der Waals surface area contributed by atoms with E-state index in [4.69, 9.17) is 18.5 Å². The second-order valence-electron chi connectivity index (χ2n) is 13.6. The number of hydrogen-bond donors (Lipinski definition) is 1. The van der Waals surface area contributed by atoms with Crippen LogP contribution >= 0.6 is 7.82 Å². The smallest absolute Gasteiger partial charge is 0.462 e. The van der Waals surface area contributed by atoms with Gasteiger partial charge in [0.05, 0.1) is 27.7 Å². The summed E-state index contributed by atoms with van der Waals surface area (Å²) in [7, 11) is 1.42. The van der Waals surface area contributed by atoms with Crippen molar-refractivity contribution in [3.63, 3.8) is 0 Å². The van der Waals surface area contributed by atoms with E-state index in [0.29, 0.717) is 23.9 Å². The molecule has 11 heteroatoms. The molecule has 272 valence electrons. The van der Waals surface area contributed by atoms with Gasteiger partial charge in [-0.3, -0.25) is 18.6 Å². The number of phosphoric ester groups is 1. The van der Waals surface area contributed by atoms with E-state index in [1.165, 1.54) is 77.0 Å². The van der Waals surface area contributed by atoms with Gasteiger partial charge in [0, 0.05) is 19.3 Å². The molecule has 0 saturated carbocycles. The SMILES string of the molecule is CCCCCCCCCCCCCCCCCC(=O)OC[C@H](COP(=O)(O)OCC[N+](C)(C)C)OC(=O)CCCCCCCC=O. The Morgan fingerprint density at radius 2 is 1.13 bits per heavy atom. The summed E-state index contributed by atoms with van der Waals surface area (Å²) >= 11 is 0. The van der Waals surface area contributed by atoms with Gasteiger partial charge in [-0.15, -0.1) is 0 Å². The summed E-state index contributed by atoms with van der Waals surface area (Å²) < 4.78 is 33.8. The van der Waals surface area contributed by atoms with Gasteiger partial charge in [-0.2, -0.15) is 0 Å². The lowest BCUT2D eigenvalue weighted by atomic mass is 10.0. The van der Waals surface area contributed by atoms with E-state index in [1.807, 2.05) is 21.1 Å². The average molecular weight is 679 g/mol. The molecule has 0 amide bonds. The molecule has 0 fully saturated rings. The zero-order valence-electron chi connectivity index (χ0n) is 29.9. The fraction of sp³-hybridized carbons (Fsp3) is 0.914. The number of ether oxygens (including phenoxy) is 2. The molecule has 0 saturated heterocycles. The molecule has 0 heterocycles. The molecule has 0 aromatic carbocycles. The summed E-state index contributed by atoms with van der Waals surface area (Å²) in [5, 5.41) is 0. The normalized spacial score (nSPS) is 13.7. The molecule has 0 spiro atoms. The summed E-state index contributed by atoms with van der Waals surface area (Å²) in [4.78, 5) is 45.3. The van der Waals surface area contributed by atoms with Crippen molar-refractivity contribution in [2.45, 2.75) is 161 Å². The Hall–Kier alpha value is -1.32. The summed E-state index contributed by atoms with van der Waals surface area (Å²) in [6.07, 6.45) is 23.7. The first kappa shape index (κ1) is 44.7. The van der Waals surface area contributed by atoms with E-state index >= 15 is 0 Å². The highest BCUT2D eigenvalue weighted by atomic mass is 31.2. The summed E-state index contributed by atoms with van der Waals surface area (Å²) in [5.41, 5.74) is 0. The Kier molecular flexibility index (Phi) is 28.9. The Bertz CT molecular complexity index is 803. The Balaban J connectivity index is 4.32. The van der Waals surface area contributed by atoms with E-state index in [-0.39, 0.29) is 26.1 Å². The van der Waals surface area contributed by atoms with Crippen molar-refractivity contribution in [3.8, 4) is 0 Å². The van der Waals surface area contributed by atoms with E-state index in [9.17, 15) is 23.8 Å². The Morgan fingerprint density at radius 1 is 0.674 bits per heavy atom. The standard InChI is InChI=1S/C35H68NO9P/c1-5-6-7-8-9-10-11-12-13-14-15-16-17-20-23-26-34(38)42-31-33(32-44-46(40,41)43-30-28-36(2,3)4)45-35(39)27-24-21-18-19-22-25-29-37/h29,33H,5-28,30-32H2,1-4H3/p+1/t33-/m1/s1. The van der Waals surface area contributed by atoms with Crippen molar-refractivity contribution in [1.82, 2.24) is 0 Å². The van der Waals surface area contributed by atoms with Crippen molar-refractivity contribution in [3.05, 3.63) is 0 Å². The van der Waals surface area contributed by atoms with Gasteiger partial charge in [0.25, 0.3) is 0 Å². The quantitative estimate of drug-likeness (QED) is 0.0234. The number of quaternary nitrogens is 1. The molecule has 0 radical (unpaired) electrons. The van der Waals surface area contributed by atoms with Gasteiger partial charge in [0.15, 0.2) is 6.10 Å². The van der Waals surface area contributed by atoms with Gasteiger partial charge in [-0.25, -0.2) is 4.57 Å². The molecular weight excluding hydrogens is 609 g/mol. The molecule has 0 bridgehead atoms. The lowest BCUT2D eigenvalue weighted by Gasteiger charge is -2.24. The molecule has 0 rings (SSSR count). The van der Waals surface area contributed by atoms with Crippen LogP contribution in [0, 0.1) is 0 Å². The number of carbonyl (C=O) groups is 3. The number of phosphoric acid groups is 1. The predicted octanol–water partition coefficient (Wildman–Crippen LogP) is 8.47. The molecule has 0 aliphatic rings. The van der Waals surface area contributed by atoms with Crippen LogP contribution in [-0.4, -0.2) is 81.2 Å². The number of nitrogens with zero attached hydrogens (tertiary/aromatic N) is 1. The highest BCUT2D eigenvalue weighted by molar-refractivity contribution is 7.47. The maximum atomic E-state index is 12.4. The van der Waals surface area contributed by atoms with Crippen LogP contribution in [0.5, 0.6) is 0 Å². The van der Waals surface area contributed by atoms with Crippen LogP contribution in [0.4, 0.5) is 0 Å². The van der Waals surface area contributed by atoms with E-state index in [0.717, 1.165) is 51.2 Å². The van der Waals surface area contributed by atoms with Crippen LogP contribution in [0.3, 0.4) is 0 Å². The number of hydrogen-bond acceptors (Lipinski definition) is 8. The molecule has 0 aromatic rings. The van der Waals surface area contributed by atoms with Crippen LogP contribution in [0.15, 0.2) is 0 Å². The van der Waals surface area contributed by atoms with Crippen LogP contribution in [-0.2, 0) is 37.5 Å². The lowest BCUT2D eigenvalue weighted by molar-refractivity contribution is -0.870. The minimum atomic E-state index is -4.38. The van der Waals surface area contributed by atoms with Crippen molar-refractivity contribution in [1.29, 1.82) is 0 Å². The third kappa shape index (κ3) is 32.6. The number of carbonyl (C=O) groups excluding carboxylic acids is 3. The van der Waals surface area contributed by atoms with E-state index in [2.05, 4.69) is 6.92 Å². The second kappa shape index (κ2) is 29.8. The largest absolute Gasteiger partial charge is 0.472 e. The minimum absolute atomic E-state index is 0.0167. The number of esters is 2. The highest BCUT2D eigenvalue weighted by Gasteiger charge is 2.27. The molecule has 0 aromatic heterocycles. The summed E-state index contributed by atoms with van der Waals surface area (Å²) in [6.45, 7) is 2.08. The first-order valence-electron chi connectivity index (χ1n) is 18.2.